The molecule has 1 saturated carbocycles. The molecule has 3 rings (SSSR count). The van der Waals surface area contributed by atoms with Crippen LogP contribution < -0.4 is 0 Å². The summed E-state index contributed by atoms with van der Waals surface area (Å²) >= 11 is 0. The summed E-state index contributed by atoms with van der Waals surface area (Å²) in [7, 11) is 0. The van der Waals surface area contributed by atoms with E-state index in [9.17, 15) is 14.8 Å². The molecule has 3 atom stereocenters. The highest BCUT2D eigenvalue weighted by atomic mass is 16.7. The molecule has 8 nitrogen and oxygen atoms in total. The number of amides is 2. The minimum atomic E-state index is -0.756. The maximum absolute atomic E-state index is 12.7. The molecule has 1 N–H and O–H groups in total. The molecule has 2 amide bonds. The summed E-state index contributed by atoms with van der Waals surface area (Å²) < 4.78 is 15.6. The van der Waals surface area contributed by atoms with Crippen molar-refractivity contribution in [2.24, 2.45) is 11.8 Å². The number of hydrogen-bond donors (Lipinski definition) is 1. The molecule has 2 aliphatic heterocycles. The van der Waals surface area contributed by atoms with Crippen LogP contribution in [0.1, 0.15) is 44.9 Å². The van der Waals surface area contributed by atoms with Crippen LogP contribution in [0, 0.1) is 11.8 Å². The van der Waals surface area contributed by atoms with E-state index in [1.807, 2.05) is 4.90 Å². The first kappa shape index (κ1) is 19.4. The molecule has 26 heavy (non-hydrogen) atoms. The number of morpholine rings is 1. The third kappa shape index (κ3) is 5.31. The second kappa shape index (κ2) is 9.53. The van der Waals surface area contributed by atoms with Gasteiger partial charge in [0, 0.05) is 25.4 Å². The van der Waals surface area contributed by atoms with E-state index in [0.29, 0.717) is 56.7 Å². The van der Waals surface area contributed by atoms with Crippen molar-refractivity contribution in [2.75, 3.05) is 39.5 Å². The molecule has 0 spiro atoms. The van der Waals surface area contributed by atoms with Crippen LogP contribution in [-0.2, 0) is 19.0 Å². The highest BCUT2D eigenvalue weighted by Gasteiger charge is 2.31. The fourth-order valence-electron chi connectivity index (χ4n) is 4.03. The van der Waals surface area contributed by atoms with Gasteiger partial charge >= 0.3 is 6.09 Å². The second-order valence-corrected chi connectivity index (χ2v) is 7.41. The average Bonchev–Trinajstić information content (AvgIpc) is 3.19. The van der Waals surface area contributed by atoms with E-state index in [4.69, 9.17) is 14.2 Å². The summed E-state index contributed by atoms with van der Waals surface area (Å²) in [5, 5.41) is 10.5. The van der Waals surface area contributed by atoms with Gasteiger partial charge in [-0.3, -0.25) is 10.0 Å². The van der Waals surface area contributed by atoms with Gasteiger partial charge in [-0.15, -0.1) is 0 Å². The van der Waals surface area contributed by atoms with Gasteiger partial charge in [0.25, 0.3) is 0 Å². The molecule has 1 unspecified atom stereocenters. The predicted molar refractivity (Wildman–Crippen MR) is 91.4 cm³/mol. The number of rotatable bonds is 5. The molecule has 0 aromatic rings. The number of ether oxygens (including phenoxy) is 3. The smallest absolute Gasteiger partial charge is 0.418 e. The maximum atomic E-state index is 12.7. The van der Waals surface area contributed by atoms with E-state index in [1.54, 1.807) is 0 Å². The van der Waals surface area contributed by atoms with E-state index in [1.165, 1.54) is 0 Å². The lowest BCUT2D eigenvalue weighted by Gasteiger charge is -2.34. The van der Waals surface area contributed by atoms with Gasteiger partial charge in [0.05, 0.1) is 26.4 Å². The summed E-state index contributed by atoms with van der Waals surface area (Å²) in [6.45, 7) is 3.40. The van der Waals surface area contributed by atoms with E-state index < -0.39 is 12.4 Å². The van der Waals surface area contributed by atoms with Gasteiger partial charge in [0.1, 0.15) is 0 Å². The topological polar surface area (TPSA) is 88.5 Å². The lowest BCUT2D eigenvalue weighted by molar-refractivity contribution is -0.141. The van der Waals surface area contributed by atoms with Gasteiger partial charge in [-0.2, -0.15) is 5.06 Å². The van der Waals surface area contributed by atoms with Gasteiger partial charge in [-0.05, 0) is 31.6 Å². The van der Waals surface area contributed by atoms with Crippen molar-refractivity contribution in [1.29, 1.82) is 0 Å². The average molecular weight is 370 g/mol. The van der Waals surface area contributed by atoms with Gasteiger partial charge in [-0.25, -0.2) is 4.79 Å². The van der Waals surface area contributed by atoms with Crippen LogP contribution >= 0.6 is 0 Å². The molecule has 2 heterocycles. The molecule has 0 aromatic heterocycles. The molecule has 3 aliphatic rings. The summed E-state index contributed by atoms with van der Waals surface area (Å²) in [5.74, 6) is 0.624. The van der Waals surface area contributed by atoms with Gasteiger partial charge in [-0.1, -0.05) is 12.8 Å². The number of hydrogen-bond acceptors (Lipinski definition) is 6. The Morgan fingerprint density at radius 1 is 1.12 bits per heavy atom. The molecule has 2 saturated heterocycles. The third-order valence-corrected chi connectivity index (χ3v) is 5.53. The first-order valence-electron chi connectivity index (χ1n) is 9.78. The first-order valence-corrected chi connectivity index (χ1v) is 9.78. The van der Waals surface area contributed by atoms with Crippen LogP contribution in [0.4, 0.5) is 4.79 Å². The summed E-state index contributed by atoms with van der Waals surface area (Å²) in [6, 6.07) is 0. The Morgan fingerprint density at radius 2 is 1.92 bits per heavy atom. The minimum absolute atomic E-state index is 0.0535. The van der Waals surface area contributed by atoms with Crippen LogP contribution in [0.3, 0.4) is 0 Å². The van der Waals surface area contributed by atoms with Crippen LogP contribution in [0.25, 0.3) is 0 Å². The minimum Gasteiger partial charge on any atom is -0.418 e. The van der Waals surface area contributed by atoms with E-state index in [2.05, 4.69) is 0 Å². The zero-order valence-corrected chi connectivity index (χ0v) is 15.3. The van der Waals surface area contributed by atoms with Crippen LogP contribution in [0.2, 0.25) is 0 Å². The van der Waals surface area contributed by atoms with Gasteiger partial charge in [0.15, 0.2) is 0 Å². The Labute approximate surface area is 154 Å². The maximum Gasteiger partial charge on any atom is 0.436 e. The Hall–Kier alpha value is -1.38. The van der Waals surface area contributed by atoms with Crippen molar-refractivity contribution in [2.45, 2.75) is 51.2 Å². The SMILES string of the molecule is O=C(OC1CCCO1)N(O)CC[C@H]1CCC[C@H](C(=O)N2CCOCC2)C1. The van der Waals surface area contributed by atoms with Crippen LogP contribution in [-0.4, -0.2) is 72.9 Å². The molecule has 1 aliphatic carbocycles. The molecular weight excluding hydrogens is 340 g/mol. The van der Waals surface area contributed by atoms with E-state index >= 15 is 0 Å². The van der Waals surface area contributed by atoms with Crippen molar-refractivity contribution in [3.8, 4) is 0 Å². The van der Waals surface area contributed by atoms with Gasteiger partial charge in [0.2, 0.25) is 12.2 Å². The van der Waals surface area contributed by atoms with Crippen molar-refractivity contribution in [3.63, 3.8) is 0 Å². The Kier molecular flexibility index (Phi) is 7.10. The molecule has 0 radical (unpaired) electrons. The monoisotopic (exact) mass is 370 g/mol. The Morgan fingerprint density at radius 3 is 2.65 bits per heavy atom. The summed E-state index contributed by atoms with van der Waals surface area (Å²) in [5.41, 5.74) is 0. The standard InChI is InChI=1S/C18H30N2O6/c21-17(19-8-11-24-12-9-19)15-4-1-3-14(13-15)6-7-20(23)18(22)26-16-5-2-10-25-16/h14-16,23H,1-13H2/t14-,15+,16?/m1/s1. The predicted octanol–water partition coefficient (Wildman–Crippen LogP) is 2.01. The number of carbonyl (C=O) groups excluding carboxylic acids is 2. The Bertz CT molecular complexity index is 476. The van der Waals surface area contributed by atoms with Crippen molar-refractivity contribution < 1.29 is 29.0 Å². The van der Waals surface area contributed by atoms with Crippen LogP contribution in [0.5, 0.6) is 0 Å². The quantitative estimate of drug-likeness (QED) is 0.588. The number of carbonyl (C=O) groups is 2. The zero-order chi connectivity index (χ0) is 18.4. The highest BCUT2D eigenvalue weighted by molar-refractivity contribution is 5.79. The number of nitrogens with zero attached hydrogens (tertiary/aromatic N) is 2. The largest absolute Gasteiger partial charge is 0.436 e. The molecule has 0 bridgehead atoms. The van der Waals surface area contributed by atoms with E-state index in [-0.39, 0.29) is 18.4 Å². The van der Waals surface area contributed by atoms with E-state index in [0.717, 1.165) is 32.1 Å². The lowest BCUT2D eigenvalue weighted by atomic mass is 9.79. The fraction of sp³-hybridized carbons (Fsp3) is 0.889. The normalized spacial score (nSPS) is 29.4. The summed E-state index contributed by atoms with van der Waals surface area (Å²) in [4.78, 5) is 26.4. The molecule has 0 aromatic carbocycles. The molecule has 3 fully saturated rings. The molecule has 148 valence electrons. The fourth-order valence-corrected chi connectivity index (χ4v) is 4.03. The van der Waals surface area contributed by atoms with Crippen molar-refractivity contribution in [3.05, 3.63) is 0 Å². The first-order chi connectivity index (χ1) is 12.6. The zero-order valence-electron chi connectivity index (χ0n) is 15.3. The highest BCUT2D eigenvalue weighted by Crippen LogP contribution is 2.32. The molecule has 8 heteroatoms. The lowest BCUT2D eigenvalue weighted by Crippen LogP contribution is -2.44. The van der Waals surface area contributed by atoms with Gasteiger partial charge < -0.3 is 19.1 Å². The second-order valence-electron chi connectivity index (χ2n) is 7.41. The summed E-state index contributed by atoms with van der Waals surface area (Å²) in [6.07, 6.45) is 4.71. The van der Waals surface area contributed by atoms with Crippen molar-refractivity contribution in [1.82, 2.24) is 9.96 Å². The third-order valence-electron chi connectivity index (χ3n) is 5.53. The van der Waals surface area contributed by atoms with Crippen molar-refractivity contribution >= 4 is 12.0 Å². The number of hydroxylamine groups is 2. The Balaban J connectivity index is 1.39. The van der Waals surface area contributed by atoms with Crippen LogP contribution in [0.15, 0.2) is 0 Å². The molecular formula is C18H30N2O6.